The molecule has 2 heterocycles. The Bertz CT molecular complexity index is 1430. The van der Waals surface area contributed by atoms with Crippen LogP contribution in [0.2, 0.25) is 0 Å². The fourth-order valence-corrected chi connectivity index (χ4v) is 3.79. The molecule has 0 radical (unpaired) electrons. The molecule has 4 aromatic rings. The summed E-state index contributed by atoms with van der Waals surface area (Å²) in [5.41, 5.74) is 2.08. The monoisotopic (exact) mass is 473 g/mol. The number of amides is 1. The highest BCUT2D eigenvalue weighted by molar-refractivity contribution is 6.15. The van der Waals surface area contributed by atoms with E-state index in [1.807, 2.05) is 30.3 Å². The molecule has 0 aliphatic heterocycles. The molecule has 2 aromatic carbocycles. The summed E-state index contributed by atoms with van der Waals surface area (Å²) in [4.78, 5) is 56.6. The van der Waals surface area contributed by atoms with E-state index in [9.17, 15) is 19.2 Å². The number of carboxylic acid groups (broad SMARTS) is 1. The summed E-state index contributed by atoms with van der Waals surface area (Å²) < 4.78 is 5.31. The zero-order valence-corrected chi connectivity index (χ0v) is 18.9. The van der Waals surface area contributed by atoms with Crippen molar-refractivity contribution < 1.29 is 29.0 Å². The predicted molar refractivity (Wildman–Crippen MR) is 128 cm³/mol. The minimum absolute atomic E-state index is 0.0207. The molecule has 0 aliphatic carbocycles. The van der Waals surface area contributed by atoms with E-state index in [1.54, 1.807) is 30.3 Å². The lowest BCUT2D eigenvalue weighted by atomic mass is 10.1. The smallest absolute Gasteiger partial charge is 0.328 e. The van der Waals surface area contributed by atoms with E-state index in [2.05, 4.69) is 15.3 Å². The highest BCUT2D eigenvalue weighted by Gasteiger charge is 2.26. The van der Waals surface area contributed by atoms with Gasteiger partial charge in [0.25, 0.3) is 5.91 Å². The van der Waals surface area contributed by atoms with Crippen LogP contribution in [0.15, 0.2) is 60.7 Å². The topological polar surface area (TPSA) is 138 Å². The SMILES string of the molecule is CC(=O)c1nc(C(=O)N[C@@H](CCC(=O)O)C(=O)OCc2ccccc2)cc2c1[nH]c1ccccc12. The van der Waals surface area contributed by atoms with Gasteiger partial charge in [-0.05, 0) is 24.1 Å². The van der Waals surface area contributed by atoms with Crippen LogP contribution in [0.4, 0.5) is 0 Å². The predicted octanol–water partition coefficient (Wildman–Crippen LogP) is 3.63. The molecule has 0 saturated heterocycles. The summed E-state index contributed by atoms with van der Waals surface area (Å²) in [7, 11) is 0. The second kappa shape index (κ2) is 10.2. The molecule has 1 amide bonds. The first-order valence-electron chi connectivity index (χ1n) is 11.0. The van der Waals surface area contributed by atoms with Crippen molar-refractivity contribution in [1.82, 2.24) is 15.3 Å². The Morgan fingerprint density at radius 3 is 2.46 bits per heavy atom. The van der Waals surface area contributed by atoms with Crippen molar-refractivity contribution in [2.24, 2.45) is 0 Å². The minimum atomic E-state index is -1.21. The summed E-state index contributed by atoms with van der Waals surface area (Å²) in [6, 6.07) is 16.7. The third-order valence-electron chi connectivity index (χ3n) is 5.52. The van der Waals surface area contributed by atoms with Crippen LogP contribution in [0, 0.1) is 0 Å². The molecule has 178 valence electrons. The van der Waals surface area contributed by atoms with E-state index in [1.165, 1.54) is 6.92 Å². The van der Waals surface area contributed by atoms with Gasteiger partial charge in [-0.15, -0.1) is 0 Å². The molecule has 2 aromatic heterocycles. The zero-order valence-electron chi connectivity index (χ0n) is 18.9. The average molecular weight is 473 g/mol. The number of hydrogen-bond acceptors (Lipinski definition) is 6. The van der Waals surface area contributed by atoms with E-state index >= 15 is 0 Å². The van der Waals surface area contributed by atoms with Crippen molar-refractivity contribution in [3.63, 3.8) is 0 Å². The van der Waals surface area contributed by atoms with Crippen LogP contribution in [0.5, 0.6) is 0 Å². The number of ether oxygens (including phenoxy) is 1. The summed E-state index contributed by atoms with van der Waals surface area (Å²) in [6.45, 7) is 1.33. The second-order valence-corrected chi connectivity index (χ2v) is 8.06. The molecule has 0 spiro atoms. The number of carbonyl (C=O) groups is 4. The number of aromatic nitrogens is 2. The first kappa shape index (κ1) is 23.6. The lowest BCUT2D eigenvalue weighted by Crippen LogP contribution is -2.42. The van der Waals surface area contributed by atoms with Crippen LogP contribution < -0.4 is 5.32 Å². The first-order chi connectivity index (χ1) is 16.8. The van der Waals surface area contributed by atoms with E-state index in [0.29, 0.717) is 10.9 Å². The van der Waals surface area contributed by atoms with Gasteiger partial charge in [0, 0.05) is 29.6 Å². The number of pyridine rings is 1. The van der Waals surface area contributed by atoms with Gasteiger partial charge in [-0.2, -0.15) is 0 Å². The maximum absolute atomic E-state index is 13.1. The van der Waals surface area contributed by atoms with Gasteiger partial charge < -0.3 is 20.1 Å². The molecule has 9 nitrogen and oxygen atoms in total. The van der Waals surface area contributed by atoms with E-state index in [4.69, 9.17) is 9.84 Å². The Morgan fingerprint density at radius 1 is 1.03 bits per heavy atom. The Labute approximate surface area is 200 Å². The number of aromatic amines is 1. The molecule has 4 rings (SSSR count). The number of hydrogen-bond donors (Lipinski definition) is 3. The number of nitrogens with one attached hydrogen (secondary N) is 2. The van der Waals surface area contributed by atoms with Gasteiger partial charge in [-0.1, -0.05) is 48.5 Å². The number of carboxylic acids is 1. The van der Waals surface area contributed by atoms with Crippen molar-refractivity contribution in [2.45, 2.75) is 32.4 Å². The van der Waals surface area contributed by atoms with Crippen molar-refractivity contribution in [3.05, 3.63) is 77.6 Å². The molecular weight excluding hydrogens is 450 g/mol. The van der Waals surface area contributed by atoms with Crippen LogP contribution in [-0.4, -0.2) is 44.7 Å². The standard InChI is InChI=1S/C26H23N3O6/c1-15(30)23-24-18(17-9-5-6-10-19(17)27-24)13-21(28-23)25(33)29-20(11-12-22(31)32)26(34)35-14-16-7-3-2-4-8-16/h2-10,13,20,27H,11-12,14H2,1H3,(H,29,33)(H,31,32)/t20-/m0/s1. The number of Topliss-reactive ketones (excluding diaryl/α,β-unsaturated/α-hetero) is 1. The molecule has 1 atom stereocenters. The van der Waals surface area contributed by atoms with Crippen molar-refractivity contribution in [1.29, 1.82) is 0 Å². The number of benzene rings is 2. The second-order valence-electron chi connectivity index (χ2n) is 8.06. The summed E-state index contributed by atoms with van der Waals surface area (Å²) in [5, 5.41) is 13.1. The molecule has 9 heteroatoms. The van der Waals surface area contributed by atoms with Crippen LogP contribution in [-0.2, 0) is 20.9 Å². The fourth-order valence-electron chi connectivity index (χ4n) is 3.79. The third kappa shape index (κ3) is 5.35. The molecule has 35 heavy (non-hydrogen) atoms. The van der Waals surface area contributed by atoms with E-state index < -0.39 is 23.9 Å². The largest absolute Gasteiger partial charge is 0.481 e. The Morgan fingerprint density at radius 2 is 1.74 bits per heavy atom. The van der Waals surface area contributed by atoms with Crippen LogP contribution in [0.25, 0.3) is 21.8 Å². The highest BCUT2D eigenvalue weighted by Crippen LogP contribution is 2.28. The number of carbonyl (C=O) groups excluding carboxylic acids is 3. The number of aliphatic carboxylic acids is 1. The minimum Gasteiger partial charge on any atom is -0.481 e. The highest BCUT2D eigenvalue weighted by atomic mass is 16.5. The number of H-pyrrole nitrogens is 1. The van der Waals surface area contributed by atoms with Gasteiger partial charge >= 0.3 is 11.9 Å². The Balaban J connectivity index is 1.61. The van der Waals surface area contributed by atoms with Gasteiger partial charge in [-0.25, -0.2) is 9.78 Å². The summed E-state index contributed by atoms with van der Waals surface area (Å²) in [5.74, 6) is -2.92. The Kier molecular flexibility index (Phi) is 6.86. The molecule has 0 aliphatic rings. The lowest BCUT2D eigenvalue weighted by Gasteiger charge is -2.17. The van der Waals surface area contributed by atoms with E-state index in [-0.39, 0.29) is 36.6 Å². The van der Waals surface area contributed by atoms with Crippen molar-refractivity contribution in [2.75, 3.05) is 0 Å². The van der Waals surface area contributed by atoms with Crippen LogP contribution >= 0.6 is 0 Å². The molecule has 3 N–H and O–H groups in total. The first-order valence-corrected chi connectivity index (χ1v) is 11.0. The maximum atomic E-state index is 13.1. The van der Waals surface area contributed by atoms with Gasteiger partial charge in [0.2, 0.25) is 0 Å². The molecule has 0 fully saturated rings. The molecule has 0 unspecified atom stereocenters. The van der Waals surface area contributed by atoms with Gasteiger partial charge in [0.05, 0.1) is 5.52 Å². The van der Waals surface area contributed by atoms with Crippen LogP contribution in [0.1, 0.15) is 46.3 Å². The number of esters is 1. The summed E-state index contributed by atoms with van der Waals surface area (Å²) in [6.07, 6.45) is -0.511. The van der Waals surface area contributed by atoms with Gasteiger partial charge in [-0.3, -0.25) is 14.4 Å². The quantitative estimate of drug-likeness (QED) is 0.249. The fraction of sp³-hybridized carbons (Fsp3) is 0.192. The molecule has 0 saturated carbocycles. The van der Waals surface area contributed by atoms with E-state index in [0.717, 1.165) is 16.5 Å². The van der Waals surface area contributed by atoms with Crippen LogP contribution in [0.3, 0.4) is 0 Å². The van der Waals surface area contributed by atoms with Gasteiger partial charge in [0.15, 0.2) is 5.78 Å². The summed E-state index contributed by atoms with van der Waals surface area (Å²) >= 11 is 0. The number of nitrogens with zero attached hydrogens (tertiary/aromatic N) is 1. The number of rotatable bonds is 9. The van der Waals surface area contributed by atoms with Crippen molar-refractivity contribution >= 4 is 45.4 Å². The number of fused-ring (bicyclic) bond motifs is 3. The van der Waals surface area contributed by atoms with Crippen molar-refractivity contribution in [3.8, 4) is 0 Å². The molecule has 0 bridgehead atoms. The molecular formula is C26H23N3O6. The third-order valence-corrected chi connectivity index (χ3v) is 5.52. The average Bonchev–Trinajstić information content (AvgIpc) is 3.23. The lowest BCUT2D eigenvalue weighted by molar-refractivity contribution is -0.147. The normalized spacial score (nSPS) is 11.8. The zero-order chi connectivity index (χ0) is 24.9. The maximum Gasteiger partial charge on any atom is 0.328 e. The number of ketones is 1. The van der Waals surface area contributed by atoms with Gasteiger partial charge in [0.1, 0.15) is 24.0 Å². The number of para-hydroxylation sites is 1. The Hall–Kier alpha value is -4.53.